The standard InChI is InChI=1S/C11H8N4/c12-4-8-3-9(6-15-5-8)10-7-14-2-1-11(10)13/h1-3,5-7H,(H2,13,14). The molecule has 15 heavy (non-hydrogen) atoms. The molecular formula is C11H8N4. The summed E-state index contributed by atoms with van der Waals surface area (Å²) in [7, 11) is 0. The molecule has 2 heterocycles. The van der Waals surface area contributed by atoms with Crippen molar-refractivity contribution >= 4 is 5.69 Å². The molecule has 2 N–H and O–H groups in total. The van der Waals surface area contributed by atoms with E-state index in [1.807, 2.05) is 6.07 Å². The molecule has 4 nitrogen and oxygen atoms in total. The van der Waals surface area contributed by atoms with Gasteiger partial charge in [0.1, 0.15) is 6.07 Å². The molecule has 4 heteroatoms. The van der Waals surface area contributed by atoms with Crippen molar-refractivity contribution in [2.24, 2.45) is 0 Å². The Morgan fingerprint density at radius 1 is 1.20 bits per heavy atom. The van der Waals surface area contributed by atoms with Crippen LogP contribution in [0.15, 0.2) is 36.9 Å². The van der Waals surface area contributed by atoms with Crippen LogP contribution in [0.2, 0.25) is 0 Å². The molecule has 72 valence electrons. The topological polar surface area (TPSA) is 75.6 Å². The first-order chi connectivity index (χ1) is 7.31. The molecule has 0 fully saturated rings. The Morgan fingerprint density at radius 3 is 2.80 bits per heavy atom. The van der Waals surface area contributed by atoms with Crippen LogP contribution in [0.1, 0.15) is 5.56 Å². The van der Waals surface area contributed by atoms with Crippen molar-refractivity contribution in [1.29, 1.82) is 5.26 Å². The van der Waals surface area contributed by atoms with Gasteiger partial charge in [-0.15, -0.1) is 0 Å². The lowest BCUT2D eigenvalue weighted by Crippen LogP contribution is -1.91. The third-order valence-corrected chi connectivity index (χ3v) is 2.03. The molecule has 0 amide bonds. The Kier molecular flexibility index (Phi) is 2.30. The van der Waals surface area contributed by atoms with Crippen molar-refractivity contribution in [2.75, 3.05) is 5.73 Å². The molecule has 2 rings (SSSR count). The summed E-state index contributed by atoms with van der Waals surface area (Å²) in [5.74, 6) is 0. The summed E-state index contributed by atoms with van der Waals surface area (Å²) in [6, 6.07) is 5.49. The van der Waals surface area contributed by atoms with Gasteiger partial charge >= 0.3 is 0 Å². The molecule has 2 aromatic rings. The van der Waals surface area contributed by atoms with E-state index in [-0.39, 0.29) is 0 Å². The van der Waals surface area contributed by atoms with Crippen LogP contribution in [0, 0.1) is 11.3 Å². The van der Waals surface area contributed by atoms with E-state index in [0.29, 0.717) is 11.3 Å². The fourth-order valence-electron chi connectivity index (χ4n) is 1.29. The Balaban J connectivity index is 2.55. The van der Waals surface area contributed by atoms with E-state index in [9.17, 15) is 0 Å². The lowest BCUT2D eigenvalue weighted by atomic mass is 10.1. The van der Waals surface area contributed by atoms with Gasteiger partial charge in [0.25, 0.3) is 0 Å². The molecule has 0 saturated heterocycles. The first-order valence-electron chi connectivity index (χ1n) is 4.36. The highest BCUT2D eigenvalue weighted by Crippen LogP contribution is 2.23. The Bertz CT molecular complexity index is 528. The third kappa shape index (κ3) is 1.76. The van der Waals surface area contributed by atoms with Gasteiger partial charge in [-0.25, -0.2) is 0 Å². The first-order valence-corrected chi connectivity index (χ1v) is 4.36. The molecule has 0 unspecified atom stereocenters. The molecule has 0 saturated carbocycles. The van der Waals surface area contributed by atoms with Crippen molar-refractivity contribution in [3.05, 3.63) is 42.5 Å². The van der Waals surface area contributed by atoms with Crippen LogP contribution < -0.4 is 5.73 Å². The van der Waals surface area contributed by atoms with E-state index in [0.717, 1.165) is 11.1 Å². The largest absolute Gasteiger partial charge is 0.398 e. The number of nitrogen functional groups attached to an aromatic ring is 1. The molecule has 0 atom stereocenters. The van der Waals surface area contributed by atoms with Crippen LogP contribution in [-0.4, -0.2) is 9.97 Å². The zero-order valence-corrected chi connectivity index (χ0v) is 7.88. The molecule has 0 bridgehead atoms. The second-order valence-electron chi connectivity index (χ2n) is 3.04. The lowest BCUT2D eigenvalue weighted by molar-refractivity contribution is 1.28. The molecule has 0 aliphatic rings. The summed E-state index contributed by atoms with van der Waals surface area (Å²) < 4.78 is 0. The molecule has 0 aromatic carbocycles. The number of anilines is 1. The summed E-state index contributed by atoms with van der Waals surface area (Å²) in [6.45, 7) is 0. The molecule has 0 spiro atoms. The quantitative estimate of drug-likeness (QED) is 0.751. The zero-order valence-electron chi connectivity index (χ0n) is 7.88. The fraction of sp³-hybridized carbons (Fsp3) is 0. The number of aromatic nitrogens is 2. The zero-order chi connectivity index (χ0) is 10.7. The summed E-state index contributed by atoms with van der Waals surface area (Å²) in [6.07, 6.45) is 6.46. The molecule has 0 aliphatic heterocycles. The van der Waals surface area contributed by atoms with Crippen molar-refractivity contribution in [3.8, 4) is 17.2 Å². The van der Waals surface area contributed by atoms with E-state index in [1.165, 1.54) is 6.20 Å². The van der Waals surface area contributed by atoms with Crippen molar-refractivity contribution in [1.82, 2.24) is 9.97 Å². The van der Waals surface area contributed by atoms with Gasteiger partial charge in [0.15, 0.2) is 0 Å². The average molecular weight is 196 g/mol. The minimum atomic E-state index is 0.510. The summed E-state index contributed by atoms with van der Waals surface area (Å²) in [5.41, 5.74) is 8.53. The Morgan fingerprint density at radius 2 is 2.07 bits per heavy atom. The van der Waals surface area contributed by atoms with Gasteiger partial charge in [-0.3, -0.25) is 9.97 Å². The number of nitrogens with two attached hydrogens (primary N) is 1. The highest BCUT2D eigenvalue weighted by Gasteiger charge is 2.03. The van der Waals surface area contributed by atoms with Crippen molar-refractivity contribution < 1.29 is 0 Å². The molecule has 2 aromatic heterocycles. The minimum absolute atomic E-state index is 0.510. The maximum atomic E-state index is 8.74. The SMILES string of the molecule is N#Cc1cncc(-c2cnccc2N)c1. The third-order valence-electron chi connectivity index (χ3n) is 2.03. The van der Waals surface area contributed by atoms with Crippen LogP contribution in [0.4, 0.5) is 5.69 Å². The van der Waals surface area contributed by atoms with Crippen LogP contribution >= 0.6 is 0 Å². The number of pyridine rings is 2. The predicted molar refractivity (Wildman–Crippen MR) is 56.6 cm³/mol. The van der Waals surface area contributed by atoms with E-state index in [2.05, 4.69) is 9.97 Å². The fourth-order valence-corrected chi connectivity index (χ4v) is 1.29. The van der Waals surface area contributed by atoms with E-state index < -0.39 is 0 Å². The van der Waals surface area contributed by atoms with Crippen LogP contribution in [0.3, 0.4) is 0 Å². The second kappa shape index (κ2) is 3.76. The van der Waals surface area contributed by atoms with Crippen LogP contribution in [0.5, 0.6) is 0 Å². The first kappa shape index (κ1) is 9.16. The summed E-state index contributed by atoms with van der Waals surface area (Å²) in [5, 5.41) is 8.74. The maximum absolute atomic E-state index is 8.74. The van der Waals surface area contributed by atoms with Gasteiger partial charge < -0.3 is 5.73 Å². The average Bonchev–Trinajstić information content (AvgIpc) is 2.30. The summed E-state index contributed by atoms with van der Waals surface area (Å²) >= 11 is 0. The van der Waals surface area contributed by atoms with E-state index in [1.54, 1.807) is 30.7 Å². The van der Waals surface area contributed by atoms with Gasteiger partial charge in [-0.1, -0.05) is 0 Å². The number of nitrogens with zero attached hydrogens (tertiary/aromatic N) is 3. The predicted octanol–water partition coefficient (Wildman–Crippen LogP) is 1.60. The highest BCUT2D eigenvalue weighted by atomic mass is 14.7. The number of rotatable bonds is 1. The molecular weight excluding hydrogens is 188 g/mol. The van der Waals surface area contributed by atoms with Crippen molar-refractivity contribution in [2.45, 2.75) is 0 Å². The second-order valence-corrected chi connectivity index (χ2v) is 3.04. The number of hydrogen-bond donors (Lipinski definition) is 1. The van der Waals surface area contributed by atoms with Crippen LogP contribution in [0.25, 0.3) is 11.1 Å². The van der Waals surface area contributed by atoms with Gasteiger partial charge in [0.2, 0.25) is 0 Å². The van der Waals surface area contributed by atoms with Gasteiger partial charge in [-0.2, -0.15) is 5.26 Å². The molecule has 0 aliphatic carbocycles. The highest BCUT2D eigenvalue weighted by molar-refractivity contribution is 5.75. The number of nitriles is 1. The van der Waals surface area contributed by atoms with Gasteiger partial charge in [0.05, 0.1) is 5.56 Å². The maximum Gasteiger partial charge on any atom is 0.101 e. The van der Waals surface area contributed by atoms with Crippen molar-refractivity contribution in [3.63, 3.8) is 0 Å². The normalized spacial score (nSPS) is 9.53. The Hall–Kier alpha value is -2.41. The van der Waals surface area contributed by atoms with Crippen LogP contribution in [-0.2, 0) is 0 Å². The smallest absolute Gasteiger partial charge is 0.101 e. The van der Waals surface area contributed by atoms with Gasteiger partial charge in [0, 0.05) is 41.6 Å². The van der Waals surface area contributed by atoms with E-state index in [4.69, 9.17) is 11.0 Å². The monoisotopic (exact) mass is 196 g/mol. The summed E-state index contributed by atoms with van der Waals surface area (Å²) in [4.78, 5) is 7.95. The lowest BCUT2D eigenvalue weighted by Gasteiger charge is -2.03. The molecule has 0 radical (unpaired) electrons. The minimum Gasteiger partial charge on any atom is -0.398 e. The Labute approximate surface area is 87.0 Å². The van der Waals surface area contributed by atoms with E-state index >= 15 is 0 Å². The number of hydrogen-bond acceptors (Lipinski definition) is 4. The van der Waals surface area contributed by atoms with Gasteiger partial charge in [-0.05, 0) is 12.1 Å².